The number of benzene rings is 2. The second-order valence-corrected chi connectivity index (χ2v) is 5.79. The van der Waals surface area contributed by atoms with Crippen LogP contribution in [0.2, 0.25) is 0 Å². The average molecular weight is 396 g/mol. The molecule has 2 aromatic rings. The van der Waals surface area contributed by atoms with Gasteiger partial charge in [0.15, 0.2) is 12.7 Å². The lowest BCUT2D eigenvalue weighted by molar-refractivity contribution is -0.155. The van der Waals surface area contributed by atoms with Crippen molar-refractivity contribution < 1.29 is 23.5 Å². The molecular formula is C17H15BrFNO4. The fraction of sp³-hybridized carbons (Fsp3) is 0.176. The topological polar surface area (TPSA) is 64.6 Å². The largest absolute Gasteiger partial charge is 0.482 e. The molecule has 5 nitrogen and oxygen atoms in total. The molecule has 1 atom stereocenters. The van der Waals surface area contributed by atoms with Gasteiger partial charge in [-0.2, -0.15) is 0 Å². The summed E-state index contributed by atoms with van der Waals surface area (Å²) in [4.78, 5) is 23.6. The summed E-state index contributed by atoms with van der Waals surface area (Å²) in [6.07, 6.45) is -1.01. The van der Waals surface area contributed by atoms with Crippen LogP contribution in [0, 0.1) is 5.82 Å². The van der Waals surface area contributed by atoms with Gasteiger partial charge in [-0.05, 0) is 49.4 Å². The van der Waals surface area contributed by atoms with Crippen molar-refractivity contribution in [2.24, 2.45) is 0 Å². The van der Waals surface area contributed by atoms with Crippen LogP contribution in [0.5, 0.6) is 5.75 Å². The smallest absolute Gasteiger partial charge is 0.344 e. The van der Waals surface area contributed by atoms with Gasteiger partial charge in [-0.3, -0.25) is 4.79 Å². The molecule has 0 radical (unpaired) electrons. The van der Waals surface area contributed by atoms with E-state index in [9.17, 15) is 14.0 Å². The molecular weight excluding hydrogens is 381 g/mol. The zero-order valence-electron chi connectivity index (χ0n) is 12.8. The Morgan fingerprint density at radius 3 is 2.58 bits per heavy atom. The Bertz CT molecular complexity index is 721. The molecule has 0 heterocycles. The Kier molecular flexibility index (Phi) is 6.31. The Morgan fingerprint density at radius 2 is 1.92 bits per heavy atom. The lowest BCUT2D eigenvalue weighted by Gasteiger charge is -2.14. The number of esters is 1. The first-order chi connectivity index (χ1) is 11.4. The molecule has 0 aliphatic carbocycles. The maximum absolute atomic E-state index is 12.8. The third-order valence-electron chi connectivity index (χ3n) is 2.94. The summed E-state index contributed by atoms with van der Waals surface area (Å²) in [5.74, 6) is -1.09. The molecule has 0 aliphatic rings. The summed E-state index contributed by atoms with van der Waals surface area (Å²) in [5.41, 5.74) is 0.412. The van der Waals surface area contributed by atoms with Crippen LogP contribution < -0.4 is 10.1 Å². The maximum Gasteiger partial charge on any atom is 0.344 e. The van der Waals surface area contributed by atoms with Gasteiger partial charge in [0.25, 0.3) is 5.91 Å². The highest BCUT2D eigenvalue weighted by atomic mass is 79.9. The normalized spacial score (nSPS) is 11.5. The van der Waals surface area contributed by atoms with E-state index in [2.05, 4.69) is 21.2 Å². The summed E-state index contributed by atoms with van der Waals surface area (Å²) >= 11 is 3.29. The standard InChI is InChI=1S/C17H15BrFNO4/c1-11(17(22)20-14-7-5-13(19)6-8-14)24-16(21)10-23-15-4-2-3-12(18)9-15/h2-9,11H,10H2,1H3,(H,20,22)/t11-/m1/s1. The monoisotopic (exact) mass is 395 g/mol. The molecule has 0 fully saturated rings. The lowest BCUT2D eigenvalue weighted by atomic mass is 10.3. The van der Waals surface area contributed by atoms with Crippen LogP contribution in [-0.2, 0) is 14.3 Å². The number of anilines is 1. The zero-order valence-corrected chi connectivity index (χ0v) is 14.4. The third-order valence-corrected chi connectivity index (χ3v) is 3.44. The number of carbonyl (C=O) groups excluding carboxylic acids is 2. The van der Waals surface area contributed by atoms with E-state index in [-0.39, 0.29) is 6.61 Å². The number of hydrogen-bond acceptors (Lipinski definition) is 4. The lowest BCUT2D eigenvalue weighted by Crippen LogP contribution is -2.31. The molecule has 7 heteroatoms. The highest BCUT2D eigenvalue weighted by Gasteiger charge is 2.18. The Labute approximate surface area is 146 Å². The van der Waals surface area contributed by atoms with E-state index in [1.807, 2.05) is 6.07 Å². The first-order valence-corrected chi connectivity index (χ1v) is 7.87. The number of nitrogens with one attached hydrogen (secondary N) is 1. The van der Waals surface area contributed by atoms with Crippen LogP contribution in [0.4, 0.5) is 10.1 Å². The minimum absolute atomic E-state index is 0.315. The predicted molar refractivity (Wildman–Crippen MR) is 90.2 cm³/mol. The number of rotatable bonds is 6. The van der Waals surface area contributed by atoms with Crippen molar-refractivity contribution in [2.75, 3.05) is 11.9 Å². The molecule has 0 aromatic heterocycles. The summed E-state index contributed by atoms with van der Waals surface area (Å²) in [7, 11) is 0. The quantitative estimate of drug-likeness (QED) is 0.759. The summed E-state index contributed by atoms with van der Waals surface area (Å²) in [5, 5.41) is 2.53. The molecule has 0 aliphatic heterocycles. The molecule has 1 amide bonds. The molecule has 24 heavy (non-hydrogen) atoms. The van der Waals surface area contributed by atoms with E-state index >= 15 is 0 Å². The van der Waals surface area contributed by atoms with Gasteiger partial charge < -0.3 is 14.8 Å². The van der Waals surface area contributed by atoms with Gasteiger partial charge >= 0.3 is 5.97 Å². The zero-order chi connectivity index (χ0) is 17.5. The summed E-state index contributed by atoms with van der Waals surface area (Å²) in [6.45, 7) is 1.13. The van der Waals surface area contributed by atoms with Crippen molar-refractivity contribution in [1.29, 1.82) is 0 Å². The molecule has 2 aromatic carbocycles. The Morgan fingerprint density at radius 1 is 1.21 bits per heavy atom. The molecule has 2 rings (SSSR count). The van der Waals surface area contributed by atoms with Crippen LogP contribution in [0.1, 0.15) is 6.92 Å². The first kappa shape index (κ1) is 17.9. The van der Waals surface area contributed by atoms with E-state index in [0.717, 1.165) is 4.47 Å². The number of carbonyl (C=O) groups is 2. The van der Waals surface area contributed by atoms with Crippen LogP contribution in [0.3, 0.4) is 0 Å². The Hall–Kier alpha value is -2.41. The van der Waals surface area contributed by atoms with Crippen molar-refractivity contribution in [3.63, 3.8) is 0 Å². The molecule has 1 N–H and O–H groups in total. The van der Waals surface area contributed by atoms with Crippen LogP contribution >= 0.6 is 15.9 Å². The molecule has 0 bridgehead atoms. The van der Waals surface area contributed by atoms with Gasteiger partial charge in [0, 0.05) is 10.2 Å². The van der Waals surface area contributed by atoms with Crippen LogP contribution in [0.15, 0.2) is 53.0 Å². The van der Waals surface area contributed by atoms with E-state index < -0.39 is 23.8 Å². The van der Waals surface area contributed by atoms with Crippen molar-refractivity contribution >= 4 is 33.5 Å². The van der Waals surface area contributed by atoms with Crippen molar-refractivity contribution in [2.45, 2.75) is 13.0 Å². The number of amides is 1. The van der Waals surface area contributed by atoms with Crippen molar-refractivity contribution in [1.82, 2.24) is 0 Å². The van der Waals surface area contributed by atoms with Gasteiger partial charge in [-0.25, -0.2) is 9.18 Å². The minimum Gasteiger partial charge on any atom is -0.482 e. The highest BCUT2D eigenvalue weighted by Crippen LogP contribution is 2.17. The molecule has 0 saturated carbocycles. The first-order valence-electron chi connectivity index (χ1n) is 7.08. The van der Waals surface area contributed by atoms with E-state index in [0.29, 0.717) is 11.4 Å². The second-order valence-electron chi connectivity index (χ2n) is 4.87. The van der Waals surface area contributed by atoms with Crippen LogP contribution in [-0.4, -0.2) is 24.6 Å². The fourth-order valence-corrected chi connectivity index (χ4v) is 2.14. The highest BCUT2D eigenvalue weighted by molar-refractivity contribution is 9.10. The van der Waals surface area contributed by atoms with E-state index in [1.54, 1.807) is 18.2 Å². The Balaban J connectivity index is 1.80. The third kappa shape index (κ3) is 5.66. The minimum atomic E-state index is -1.01. The second kappa shape index (κ2) is 8.44. The van der Waals surface area contributed by atoms with Gasteiger partial charge in [0.1, 0.15) is 11.6 Å². The molecule has 0 saturated heterocycles. The summed E-state index contributed by atoms with van der Waals surface area (Å²) in [6, 6.07) is 12.3. The average Bonchev–Trinajstić information content (AvgIpc) is 2.55. The predicted octanol–water partition coefficient (Wildman–Crippen LogP) is 3.54. The maximum atomic E-state index is 12.8. The van der Waals surface area contributed by atoms with E-state index in [4.69, 9.17) is 9.47 Å². The van der Waals surface area contributed by atoms with Gasteiger partial charge in [-0.1, -0.05) is 22.0 Å². The molecule has 126 valence electrons. The fourth-order valence-electron chi connectivity index (χ4n) is 1.76. The van der Waals surface area contributed by atoms with Crippen molar-refractivity contribution in [3.05, 3.63) is 58.8 Å². The van der Waals surface area contributed by atoms with Gasteiger partial charge in [0.05, 0.1) is 0 Å². The SMILES string of the molecule is C[C@@H](OC(=O)COc1cccc(Br)c1)C(=O)Nc1ccc(F)cc1. The van der Waals surface area contributed by atoms with Crippen LogP contribution in [0.25, 0.3) is 0 Å². The van der Waals surface area contributed by atoms with Crippen molar-refractivity contribution in [3.8, 4) is 5.75 Å². The summed E-state index contributed by atoms with van der Waals surface area (Å²) < 4.78 is 23.9. The number of ether oxygens (including phenoxy) is 2. The van der Waals surface area contributed by atoms with Gasteiger partial charge in [0.2, 0.25) is 0 Å². The van der Waals surface area contributed by atoms with Gasteiger partial charge in [-0.15, -0.1) is 0 Å². The molecule has 0 spiro atoms. The number of halogens is 2. The van der Waals surface area contributed by atoms with E-state index in [1.165, 1.54) is 31.2 Å². The number of hydrogen-bond donors (Lipinski definition) is 1. The molecule has 0 unspecified atom stereocenters.